The number of nitrogens with zero attached hydrogens (tertiary/aromatic N) is 2. The lowest BCUT2D eigenvalue weighted by molar-refractivity contribution is -0.389. The van der Waals surface area contributed by atoms with E-state index in [9.17, 15) is 10.1 Å². The summed E-state index contributed by atoms with van der Waals surface area (Å²) in [6.45, 7) is 0. The summed E-state index contributed by atoms with van der Waals surface area (Å²) >= 11 is 1.31. The van der Waals surface area contributed by atoms with Gasteiger partial charge in [0.15, 0.2) is 0 Å². The van der Waals surface area contributed by atoms with E-state index in [-0.39, 0.29) is 5.82 Å². The molecule has 0 fully saturated rings. The maximum atomic E-state index is 10.3. The van der Waals surface area contributed by atoms with Gasteiger partial charge >= 0.3 is 5.82 Å². The molecule has 0 amide bonds. The molecule has 0 radical (unpaired) electrons. The van der Waals surface area contributed by atoms with Gasteiger partial charge in [0, 0.05) is 13.2 Å². The summed E-state index contributed by atoms with van der Waals surface area (Å²) in [6, 6.07) is 4.66. The Hall–Kier alpha value is -1.14. The number of pyridine rings is 1. The first-order valence-electron chi connectivity index (χ1n) is 3.47. The first-order chi connectivity index (χ1) is 6.24. The van der Waals surface area contributed by atoms with Crippen molar-refractivity contribution < 1.29 is 9.66 Å². The number of ether oxygens (including phenoxy) is 1. The summed E-state index contributed by atoms with van der Waals surface area (Å²) in [6.07, 6.45) is 0. The highest BCUT2D eigenvalue weighted by Crippen LogP contribution is 2.17. The van der Waals surface area contributed by atoms with E-state index in [1.165, 1.54) is 17.8 Å². The molecule has 0 saturated carbocycles. The van der Waals surface area contributed by atoms with E-state index >= 15 is 0 Å². The minimum Gasteiger partial charge on any atom is -0.374 e. The molecule has 0 N–H and O–H groups in total. The lowest BCUT2D eigenvalue weighted by Crippen LogP contribution is -1.93. The topological polar surface area (TPSA) is 65.3 Å². The van der Waals surface area contributed by atoms with Gasteiger partial charge in [-0.3, -0.25) is 0 Å². The van der Waals surface area contributed by atoms with Gasteiger partial charge in [0.25, 0.3) is 0 Å². The van der Waals surface area contributed by atoms with Crippen molar-refractivity contribution in [3.63, 3.8) is 0 Å². The van der Waals surface area contributed by atoms with Gasteiger partial charge in [-0.05, 0) is 22.0 Å². The highest BCUT2D eigenvalue weighted by atomic mass is 32.2. The predicted octanol–water partition coefficient (Wildman–Crippen LogP) is 1.69. The summed E-state index contributed by atoms with van der Waals surface area (Å²) in [7, 11) is 1.56. The van der Waals surface area contributed by atoms with Crippen LogP contribution in [-0.4, -0.2) is 23.0 Å². The molecule has 0 aliphatic heterocycles. The molecule has 0 aromatic carbocycles. The number of nitro groups is 1. The molecule has 6 heteroatoms. The zero-order valence-corrected chi connectivity index (χ0v) is 7.78. The Kier molecular flexibility index (Phi) is 3.66. The van der Waals surface area contributed by atoms with Crippen LogP contribution in [0.1, 0.15) is 0 Å². The Labute approximate surface area is 79.3 Å². The van der Waals surface area contributed by atoms with E-state index in [1.54, 1.807) is 19.2 Å². The predicted molar refractivity (Wildman–Crippen MR) is 48.6 cm³/mol. The van der Waals surface area contributed by atoms with E-state index in [4.69, 9.17) is 4.74 Å². The van der Waals surface area contributed by atoms with Gasteiger partial charge in [0.1, 0.15) is 0 Å². The number of hydrogen-bond acceptors (Lipinski definition) is 5. The second-order valence-corrected chi connectivity index (χ2v) is 3.08. The van der Waals surface area contributed by atoms with E-state index in [2.05, 4.69) is 4.98 Å². The van der Waals surface area contributed by atoms with Crippen molar-refractivity contribution in [1.82, 2.24) is 4.98 Å². The van der Waals surface area contributed by atoms with E-state index in [1.807, 2.05) is 0 Å². The largest absolute Gasteiger partial charge is 0.374 e. The van der Waals surface area contributed by atoms with E-state index < -0.39 is 4.92 Å². The molecule has 1 heterocycles. The van der Waals surface area contributed by atoms with Gasteiger partial charge in [-0.2, -0.15) is 0 Å². The van der Waals surface area contributed by atoms with Gasteiger partial charge in [-0.25, -0.2) is 0 Å². The highest BCUT2D eigenvalue weighted by molar-refractivity contribution is 7.99. The van der Waals surface area contributed by atoms with Crippen LogP contribution >= 0.6 is 11.8 Å². The van der Waals surface area contributed by atoms with Crippen LogP contribution in [0.2, 0.25) is 0 Å². The quantitative estimate of drug-likeness (QED) is 0.320. The molecule has 0 bridgehead atoms. The van der Waals surface area contributed by atoms with Crippen molar-refractivity contribution in [1.29, 1.82) is 0 Å². The minimum absolute atomic E-state index is 0.138. The lowest BCUT2D eigenvalue weighted by Gasteiger charge is -1.95. The molecule has 0 spiro atoms. The third-order valence-corrected chi connectivity index (χ3v) is 2.10. The Morgan fingerprint density at radius 3 is 3.08 bits per heavy atom. The first-order valence-corrected chi connectivity index (χ1v) is 4.46. The van der Waals surface area contributed by atoms with Gasteiger partial charge in [-0.1, -0.05) is 11.8 Å². The van der Waals surface area contributed by atoms with E-state index in [0.717, 1.165) is 0 Å². The Bertz CT molecular complexity index is 306. The number of hydrogen-bond donors (Lipinski definition) is 0. The summed E-state index contributed by atoms with van der Waals surface area (Å²) in [5.74, 6) is 0.301. The summed E-state index contributed by atoms with van der Waals surface area (Å²) in [5, 5.41) is 10.9. The monoisotopic (exact) mass is 200 g/mol. The molecular formula is C7H8N2O3S. The van der Waals surface area contributed by atoms with Crippen molar-refractivity contribution >= 4 is 17.6 Å². The first kappa shape index (κ1) is 9.94. The van der Waals surface area contributed by atoms with Crippen LogP contribution in [0, 0.1) is 10.1 Å². The van der Waals surface area contributed by atoms with E-state index in [0.29, 0.717) is 11.0 Å². The smallest absolute Gasteiger partial charge is 0.364 e. The third kappa shape index (κ3) is 3.00. The number of aromatic nitrogens is 1. The standard InChI is InChI=1S/C7H8N2O3S/c1-12-5-13-7-4-2-3-6(8-7)9(10)11/h2-4H,5H2,1H3. The normalized spacial score (nSPS) is 9.92. The molecular weight excluding hydrogens is 192 g/mol. The van der Waals surface area contributed by atoms with Crippen LogP contribution in [0.4, 0.5) is 5.82 Å². The molecule has 0 saturated heterocycles. The molecule has 0 aliphatic carbocycles. The maximum Gasteiger partial charge on any atom is 0.364 e. The molecule has 1 aromatic heterocycles. The molecule has 1 rings (SSSR count). The van der Waals surface area contributed by atoms with Crippen LogP contribution in [-0.2, 0) is 4.74 Å². The maximum absolute atomic E-state index is 10.3. The second kappa shape index (κ2) is 4.78. The van der Waals surface area contributed by atoms with Gasteiger partial charge in [0.2, 0.25) is 5.03 Å². The number of rotatable bonds is 4. The Morgan fingerprint density at radius 2 is 2.46 bits per heavy atom. The van der Waals surface area contributed by atoms with Gasteiger partial charge in [-0.15, -0.1) is 0 Å². The molecule has 0 atom stereocenters. The lowest BCUT2D eigenvalue weighted by atomic mass is 10.5. The molecule has 1 aromatic rings. The fourth-order valence-electron chi connectivity index (χ4n) is 0.705. The van der Waals surface area contributed by atoms with Crippen LogP contribution in [0.15, 0.2) is 23.2 Å². The number of thioether (sulfide) groups is 1. The average molecular weight is 200 g/mol. The van der Waals surface area contributed by atoms with Gasteiger partial charge in [0.05, 0.1) is 5.94 Å². The van der Waals surface area contributed by atoms with Crippen molar-refractivity contribution in [3.05, 3.63) is 28.3 Å². The van der Waals surface area contributed by atoms with Gasteiger partial charge < -0.3 is 14.9 Å². The second-order valence-electron chi connectivity index (χ2n) is 2.14. The van der Waals surface area contributed by atoms with Crippen molar-refractivity contribution in [2.75, 3.05) is 13.0 Å². The zero-order valence-electron chi connectivity index (χ0n) is 6.97. The summed E-state index contributed by atoms with van der Waals surface area (Å²) in [4.78, 5) is 13.6. The molecule has 70 valence electrons. The summed E-state index contributed by atoms with van der Waals surface area (Å²) in [5.41, 5.74) is 0. The van der Waals surface area contributed by atoms with Crippen LogP contribution < -0.4 is 0 Å². The van der Waals surface area contributed by atoms with Crippen LogP contribution in [0.5, 0.6) is 0 Å². The van der Waals surface area contributed by atoms with Crippen LogP contribution in [0.25, 0.3) is 0 Å². The molecule has 13 heavy (non-hydrogen) atoms. The number of methoxy groups -OCH3 is 1. The fraction of sp³-hybridized carbons (Fsp3) is 0.286. The molecule has 0 unspecified atom stereocenters. The third-order valence-electron chi connectivity index (χ3n) is 1.22. The van der Waals surface area contributed by atoms with Crippen molar-refractivity contribution in [2.45, 2.75) is 5.03 Å². The molecule has 0 aliphatic rings. The average Bonchev–Trinajstić information content (AvgIpc) is 2.15. The minimum atomic E-state index is -0.517. The Balaban J connectivity index is 2.73. The fourth-order valence-corrected chi connectivity index (χ4v) is 1.28. The van der Waals surface area contributed by atoms with Crippen molar-refractivity contribution in [2.24, 2.45) is 0 Å². The molecule has 5 nitrogen and oxygen atoms in total. The SMILES string of the molecule is COCSc1cccc([N+](=O)[O-])n1. The zero-order chi connectivity index (χ0) is 9.68. The highest BCUT2D eigenvalue weighted by Gasteiger charge is 2.08. The summed E-state index contributed by atoms with van der Waals surface area (Å²) < 4.78 is 4.80. The Morgan fingerprint density at radius 1 is 1.69 bits per heavy atom. The van der Waals surface area contributed by atoms with Crippen LogP contribution in [0.3, 0.4) is 0 Å². The van der Waals surface area contributed by atoms with Crippen molar-refractivity contribution in [3.8, 4) is 0 Å².